The molecule has 2 aliphatic heterocycles. The minimum atomic E-state index is -1.16. The molecular formula is C55H75N7O14. The molecule has 414 valence electrons. The summed E-state index contributed by atoms with van der Waals surface area (Å²) >= 11 is 0. The maximum Gasteiger partial charge on any atom is 0.333 e. The van der Waals surface area contributed by atoms with Crippen molar-refractivity contribution >= 4 is 23.8 Å². The molecule has 1 amide bonds. The van der Waals surface area contributed by atoms with E-state index in [1.807, 2.05) is 98.5 Å². The zero-order valence-electron chi connectivity index (χ0n) is 44.5. The number of nitrogens with one attached hydrogen (secondary N) is 1. The summed E-state index contributed by atoms with van der Waals surface area (Å²) in [6.07, 6.45) is 1.46. The number of esters is 3. The average molecular weight is 1060 g/mol. The van der Waals surface area contributed by atoms with E-state index in [0.717, 1.165) is 23.1 Å². The Kier molecular flexibility index (Phi) is 23.0. The first-order valence-corrected chi connectivity index (χ1v) is 25.8. The summed E-state index contributed by atoms with van der Waals surface area (Å²) in [6, 6.07) is 26.3. The highest BCUT2D eigenvalue weighted by atomic mass is 16.6. The highest BCUT2D eigenvalue weighted by molar-refractivity contribution is 5.78. The molecule has 2 aliphatic rings. The van der Waals surface area contributed by atoms with Gasteiger partial charge in [0.05, 0.1) is 74.4 Å². The molecule has 2 fully saturated rings. The summed E-state index contributed by atoms with van der Waals surface area (Å²) in [5.74, 6) is -0.0156. The Bertz CT molecular complexity index is 2500. The monoisotopic (exact) mass is 1060 g/mol. The highest BCUT2D eigenvalue weighted by Crippen LogP contribution is 2.42. The van der Waals surface area contributed by atoms with Gasteiger partial charge in [-0.3, -0.25) is 52.7 Å². The summed E-state index contributed by atoms with van der Waals surface area (Å²) < 4.78 is 41.6. The number of ether oxygens (including phenoxy) is 7. The molecule has 3 atom stereocenters. The number of aliphatic hydroxyl groups excluding tert-OH is 1. The van der Waals surface area contributed by atoms with Crippen LogP contribution in [0, 0.1) is 0 Å². The number of carbonyl (C=O) groups is 4. The van der Waals surface area contributed by atoms with E-state index in [2.05, 4.69) is 5.32 Å². The van der Waals surface area contributed by atoms with Gasteiger partial charge in [-0.1, -0.05) is 67.4 Å². The van der Waals surface area contributed by atoms with Crippen LogP contribution in [-0.4, -0.2) is 197 Å². The number of nitrogens with zero attached hydrogens (tertiary/aromatic N) is 6. The second kappa shape index (κ2) is 29.7. The molecule has 21 nitrogen and oxygen atoms in total. The van der Waals surface area contributed by atoms with Crippen LogP contribution in [0.1, 0.15) is 55.0 Å². The number of rotatable bonds is 24. The van der Waals surface area contributed by atoms with E-state index < -0.39 is 53.2 Å². The maximum atomic E-state index is 13.9. The third-order valence-electron chi connectivity index (χ3n) is 13.9. The number of hydrogen-bond donors (Lipinski definition) is 2. The number of carbonyl (C=O) groups excluding carboxylic acids is 4. The van der Waals surface area contributed by atoms with Crippen molar-refractivity contribution in [1.29, 1.82) is 0 Å². The van der Waals surface area contributed by atoms with Gasteiger partial charge in [0, 0.05) is 84.1 Å². The molecular weight excluding hydrogens is 983 g/mol. The molecule has 2 N–H and O–H groups in total. The summed E-state index contributed by atoms with van der Waals surface area (Å²) in [7, 11) is 7.20. The van der Waals surface area contributed by atoms with E-state index in [9.17, 15) is 33.9 Å². The van der Waals surface area contributed by atoms with Crippen LogP contribution in [0.25, 0.3) is 0 Å². The smallest absolute Gasteiger partial charge is 0.333 e. The summed E-state index contributed by atoms with van der Waals surface area (Å²) in [5.41, 5.74) is 0.321. The molecule has 3 aromatic carbocycles. The van der Waals surface area contributed by atoms with E-state index in [0.29, 0.717) is 89.7 Å². The molecule has 0 unspecified atom stereocenters. The molecule has 1 aromatic heterocycles. The molecule has 0 saturated carbocycles. The Hall–Kier alpha value is -6.46. The molecule has 4 aromatic rings. The molecule has 0 radical (unpaired) electrons. The van der Waals surface area contributed by atoms with Gasteiger partial charge in [0.1, 0.15) is 29.4 Å². The molecule has 0 spiro atoms. The van der Waals surface area contributed by atoms with Crippen molar-refractivity contribution in [3.63, 3.8) is 0 Å². The van der Waals surface area contributed by atoms with Gasteiger partial charge in [-0.25, -0.2) is 4.79 Å². The zero-order chi connectivity index (χ0) is 54.5. The molecule has 21 heteroatoms. The SMILES string of the molecule is COC(=O)CN1CCN(CC(=O)NCCCCCCn2c(=O)ccn([C@H]3C[C@@H](O)[C@@H](COC(c4ccccc4)(c4ccc(OC)cc4)c4ccc(OC)cc4)O3)c2=O)CCN(CC(=O)OC)CCN(CC(=O)OC)CC1. The second-order valence-electron chi connectivity index (χ2n) is 18.8. The van der Waals surface area contributed by atoms with Crippen molar-refractivity contribution in [2.75, 3.05) is 127 Å². The Morgan fingerprint density at radius 3 is 1.54 bits per heavy atom. The topological polar surface area (TPSA) is 222 Å². The van der Waals surface area contributed by atoms with E-state index in [1.165, 1.54) is 42.7 Å². The summed E-state index contributed by atoms with van der Waals surface area (Å²) in [5, 5.41) is 14.4. The van der Waals surface area contributed by atoms with Gasteiger partial charge in [0.2, 0.25) is 5.91 Å². The molecule has 2 saturated heterocycles. The van der Waals surface area contributed by atoms with Crippen LogP contribution in [0.4, 0.5) is 0 Å². The minimum Gasteiger partial charge on any atom is -0.497 e. The number of unbranched alkanes of at least 4 members (excludes halogenated alkanes) is 3. The van der Waals surface area contributed by atoms with Crippen LogP contribution in [0.3, 0.4) is 0 Å². The largest absolute Gasteiger partial charge is 0.497 e. The van der Waals surface area contributed by atoms with Crippen LogP contribution in [-0.2, 0) is 55.0 Å². The van der Waals surface area contributed by atoms with Gasteiger partial charge < -0.3 is 43.6 Å². The van der Waals surface area contributed by atoms with Crippen molar-refractivity contribution in [3.05, 3.63) is 129 Å². The van der Waals surface area contributed by atoms with E-state index in [-0.39, 0.29) is 51.7 Å². The molecule has 0 aliphatic carbocycles. The highest BCUT2D eigenvalue weighted by Gasteiger charge is 2.42. The number of methoxy groups -OCH3 is 5. The third kappa shape index (κ3) is 16.5. The first-order valence-electron chi connectivity index (χ1n) is 25.8. The van der Waals surface area contributed by atoms with Gasteiger partial charge in [-0.15, -0.1) is 0 Å². The lowest BCUT2D eigenvalue weighted by Crippen LogP contribution is -2.50. The van der Waals surface area contributed by atoms with Crippen molar-refractivity contribution in [3.8, 4) is 11.5 Å². The molecule has 0 bridgehead atoms. The van der Waals surface area contributed by atoms with Gasteiger partial charge in [-0.05, 0) is 53.8 Å². The number of amides is 1. The normalized spacial score (nSPS) is 18.5. The van der Waals surface area contributed by atoms with Crippen LogP contribution >= 0.6 is 0 Å². The number of aromatic nitrogens is 2. The Labute approximate surface area is 444 Å². The number of benzene rings is 3. The van der Waals surface area contributed by atoms with Crippen molar-refractivity contribution in [1.82, 2.24) is 34.1 Å². The maximum absolute atomic E-state index is 13.9. The van der Waals surface area contributed by atoms with E-state index in [4.69, 9.17) is 33.2 Å². The third-order valence-corrected chi connectivity index (χ3v) is 13.9. The van der Waals surface area contributed by atoms with Gasteiger partial charge in [0.25, 0.3) is 5.56 Å². The van der Waals surface area contributed by atoms with Gasteiger partial charge in [0.15, 0.2) is 0 Å². The van der Waals surface area contributed by atoms with Crippen LogP contribution in [0.2, 0.25) is 0 Å². The van der Waals surface area contributed by atoms with E-state index >= 15 is 0 Å². The fraction of sp³-hybridized carbons (Fsp3) is 0.527. The number of aliphatic hydroxyl groups is 1. The van der Waals surface area contributed by atoms with Crippen molar-refractivity contribution in [2.24, 2.45) is 0 Å². The van der Waals surface area contributed by atoms with Crippen LogP contribution in [0.5, 0.6) is 11.5 Å². The standard InChI is InChI=1S/C55H75N7O14/c1-70-44-19-15-42(16-20-44)55(41-13-9-8-10-14-41,43-17-21-45(71-2)22-18-43)75-40-47-46(63)35-50(76-47)62-26-23-49(65)61(54(62)69)25-12-7-6-11-24-56-48(64)36-57-27-29-58(37-51(66)72-3)31-33-60(39-53(68)74-5)34-32-59(30-28-57)38-52(67)73-4/h8-10,13-23,26,46-47,50,63H,6-7,11-12,24-25,27-40H2,1-5H3,(H,56,64)/t46-,47-,50-/m1/s1. The van der Waals surface area contributed by atoms with Crippen LogP contribution in [0.15, 0.2) is 101 Å². The predicted molar refractivity (Wildman–Crippen MR) is 281 cm³/mol. The average Bonchev–Trinajstić information content (AvgIpc) is 3.83. The van der Waals surface area contributed by atoms with Crippen LogP contribution < -0.4 is 26.0 Å². The zero-order valence-corrected chi connectivity index (χ0v) is 44.5. The van der Waals surface area contributed by atoms with Gasteiger partial charge in [-0.2, -0.15) is 0 Å². The molecule has 3 heterocycles. The summed E-state index contributed by atoms with van der Waals surface area (Å²) in [6.45, 7) is 4.35. The Morgan fingerprint density at radius 2 is 1.07 bits per heavy atom. The van der Waals surface area contributed by atoms with Gasteiger partial charge >= 0.3 is 23.6 Å². The quantitative estimate of drug-likeness (QED) is 0.0444. The van der Waals surface area contributed by atoms with E-state index in [1.54, 1.807) is 14.2 Å². The predicted octanol–water partition coefficient (Wildman–Crippen LogP) is 2.10. The lowest BCUT2D eigenvalue weighted by atomic mass is 9.80. The first kappa shape index (κ1) is 58.8. The van der Waals surface area contributed by atoms with Crippen molar-refractivity contribution < 1.29 is 57.4 Å². The molecule has 6 rings (SSSR count). The second-order valence-corrected chi connectivity index (χ2v) is 18.8. The molecule has 76 heavy (non-hydrogen) atoms. The first-order chi connectivity index (χ1) is 36.8. The lowest BCUT2D eigenvalue weighted by molar-refractivity contribution is -0.144. The fourth-order valence-corrected chi connectivity index (χ4v) is 9.46. The number of hydrogen-bond acceptors (Lipinski definition) is 18. The summed E-state index contributed by atoms with van der Waals surface area (Å²) in [4.78, 5) is 84.9. The van der Waals surface area contributed by atoms with Crippen molar-refractivity contribution in [2.45, 2.75) is 62.7 Å². The Morgan fingerprint density at radius 1 is 0.605 bits per heavy atom. The minimum absolute atomic E-state index is 0.0399. The Balaban J connectivity index is 1.02. The lowest BCUT2D eigenvalue weighted by Gasteiger charge is -2.37. The fourth-order valence-electron chi connectivity index (χ4n) is 9.46.